The number of aryl methyl sites for hydroxylation is 1. The van der Waals surface area contributed by atoms with Crippen molar-refractivity contribution >= 4 is 28.2 Å². The maximum Gasteiger partial charge on any atom is 0.181 e. The van der Waals surface area contributed by atoms with E-state index in [-0.39, 0.29) is 11.2 Å². The van der Waals surface area contributed by atoms with E-state index in [2.05, 4.69) is 31.6 Å². The first-order valence-corrected chi connectivity index (χ1v) is 9.33. The van der Waals surface area contributed by atoms with Crippen LogP contribution in [0, 0.1) is 11.3 Å². The number of rotatable bonds is 3. The molecule has 1 atom stereocenters. The van der Waals surface area contributed by atoms with Gasteiger partial charge in [0.2, 0.25) is 0 Å². The van der Waals surface area contributed by atoms with E-state index in [1.54, 1.807) is 6.20 Å². The van der Waals surface area contributed by atoms with Gasteiger partial charge in [0.15, 0.2) is 12.2 Å². The lowest BCUT2D eigenvalue weighted by molar-refractivity contribution is 0.570. The molecule has 1 aromatic carbocycles. The quantitative estimate of drug-likeness (QED) is 0.494. The van der Waals surface area contributed by atoms with Crippen molar-refractivity contribution in [3.63, 3.8) is 0 Å². The maximum atomic E-state index is 9.19. The number of nitrogens with zero attached hydrogens (tertiary/aromatic N) is 4. The summed E-state index contributed by atoms with van der Waals surface area (Å²) < 4.78 is 5.39. The molecule has 1 aliphatic carbocycles. The molecule has 3 heterocycles. The van der Waals surface area contributed by atoms with Gasteiger partial charge in [0, 0.05) is 11.1 Å². The van der Waals surface area contributed by atoms with Crippen LogP contribution in [0.2, 0.25) is 5.15 Å². The first-order valence-electron chi connectivity index (χ1n) is 8.96. The minimum Gasteiger partial charge on any atom is -0.442 e. The van der Waals surface area contributed by atoms with Crippen LogP contribution < -0.4 is 5.32 Å². The third kappa shape index (κ3) is 2.79. The molecule has 2 N–H and O–H groups in total. The molecular weight excluding hydrogens is 376 g/mol. The molecule has 7 nitrogen and oxygen atoms in total. The number of anilines is 1. The average molecular weight is 391 g/mol. The van der Waals surface area contributed by atoms with Crippen LogP contribution in [0.25, 0.3) is 22.4 Å². The number of benzene rings is 1. The molecule has 8 heteroatoms. The summed E-state index contributed by atoms with van der Waals surface area (Å²) in [6.07, 6.45) is 5.91. The number of aromatic amines is 1. The van der Waals surface area contributed by atoms with E-state index in [1.807, 2.05) is 24.3 Å². The first-order chi connectivity index (χ1) is 13.7. The highest BCUT2D eigenvalue weighted by atomic mass is 35.5. The molecule has 28 heavy (non-hydrogen) atoms. The van der Waals surface area contributed by atoms with Gasteiger partial charge in [-0.3, -0.25) is 5.10 Å². The van der Waals surface area contributed by atoms with Crippen molar-refractivity contribution in [3.05, 3.63) is 58.8 Å². The van der Waals surface area contributed by atoms with Crippen LogP contribution in [0.4, 0.5) is 5.69 Å². The van der Waals surface area contributed by atoms with E-state index in [4.69, 9.17) is 16.0 Å². The van der Waals surface area contributed by atoms with Crippen molar-refractivity contribution < 1.29 is 4.42 Å². The Morgan fingerprint density at radius 1 is 1.32 bits per heavy atom. The number of oxazole rings is 1. The Hall–Kier alpha value is -3.37. The van der Waals surface area contributed by atoms with Gasteiger partial charge in [-0.1, -0.05) is 11.6 Å². The summed E-state index contributed by atoms with van der Waals surface area (Å²) in [6, 6.07) is 10.0. The molecule has 0 saturated heterocycles. The Bertz CT molecular complexity index is 1210. The topological polar surface area (TPSA) is 103 Å². The van der Waals surface area contributed by atoms with Crippen molar-refractivity contribution in [1.82, 2.24) is 20.2 Å². The summed E-state index contributed by atoms with van der Waals surface area (Å²) in [5.74, 6) is 0.615. The van der Waals surface area contributed by atoms with Gasteiger partial charge < -0.3 is 9.73 Å². The second kappa shape index (κ2) is 6.66. The molecule has 4 aromatic rings. The van der Waals surface area contributed by atoms with Gasteiger partial charge in [-0.05, 0) is 49.1 Å². The predicted octanol–water partition coefficient (Wildman–Crippen LogP) is 4.63. The maximum absolute atomic E-state index is 9.19. The first kappa shape index (κ1) is 16.8. The third-order valence-electron chi connectivity index (χ3n) is 5.05. The van der Waals surface area contributed by atoms with E-state index in [1.165, 1.54) is 6.39 Å². The smallest absolute Gasteiger partial charge is 0.181 e. The van der Waals surface area contributed by atoms with Crippen LogP contribution in [0.3, 0.4) is 0 Å². The molecule has 5 rings (SSSR count). The standard InChI is InChI=1S/C20H15ClN6O/c21-20-12(8-22)6-11-2-1-3-16(18(11)25-20)24-13-4-5-15-14(7-13)19(27-26-15)17-9-23-10-28-17/h4-7,9-10,16,24H,1-3H2,(H,26,27)/t16-/m1/s1. The fourth-order valence-electron chi connectivity index (χ4n) is 3.73. The number of nitriles is 1. The minimum atomic E-state index is 0.0343. The van der Waals surface area contributed by atoms with E-state index < -0.39 is 0 Å². The number of nitrogens with one attached hydrogen (secondary N) is 2. The Labute approximate surface area is 165 Å². The van der Waals surface area contributed by atoms with E-state index in [0.717, 1.165) is 52.8 Å². The van der Waals surface area contributed by atoms with Crippen molar-refractivity contribution in [2.75, 3.05) is 5.32 Å². The third-order valence-corrected chi connectivity index (χ3v) is 5.34. The van der Waals surface area contributed by atoms with E-state index in [9.17, 15) is 5.26 Å². The second-order valence-electron chi connectivity index (χ2n) is 6.77. The van der Waals surface area contributed by atoms with E-state index >= 15 is 0 Å². The molecule has 3 aromatic heterocycles. The monoisotopic (exact) mass is 390 g/mol. The van der Waals surface area contributed by atoms with Crippen LogP contribution in [0.15, 0.2) is 41.3 Å². The Morgan fingerprint density at radius 2 is 2.25 bits per heavy atom. The molecule has 0 unspecified atom stereocenters. The number of pyridine rings is 1. The van der Waals surface area contributed by atoms with Crippen LogP contribution in [-0.4, -0.2) is 20.2 Å². The lowest BCUT2D eigenvalue weighted by Crippen LogP contribution is -2.19. The van der Waals surface area contributed by atoms with Gasteiger partial charge in [0.05, 0.1) is 29.0 Å². The lowest BCUT2D eigenvalue weighted by Gasteiger charge is -2.26. The Balaban J connectivity index is 1.51. The Kier molecular flexibility index (Phi) is 3.99. The number of halogens is 1. The number of hydrogen-bond acceptors (Lipinski definition) is 6. The highest BCUT2D eigenvalue weighted by molar-refractivity contribution is 6.30. The minimum absolute atomic E-state index is 0.0343. The fourth-order valence-corrected chi connectivity index (χ4v) is 3.91. The second-order valence-corrected chi connectivity index (χ2v) is 7.13. The summed E-state index contributed by atoms with van der Waals surface area (Å²) in [4.78, 5) is 8.48. The van der Waals surface area contributed by atoms with E-state index in [0.29, 0.717) is 11.3 Å². The van der Waals surface area contributed by atoms with Crippen LogP contribution in [0.1, 0.15) is 35.7 Å². The zero-order valence-corrected chi connectivity index (χ0v) is 15.5. The molecular formula is C20H15ClN6O. The molecule has 0 spiro atoms. The van der Waals surface area contributed by atoms with Crippen LogP contribution >= 0.6 is 11.6 Å². The number of hydrogen-bond donors (Lipinski definition) is 2. The number of fused-ring (bicyclic) bond motifs is 2. The predicted molar refractivity (Wildman–Crippen MR) is 105 cm³/mol. The normalized spacial score (nSPS) is 15.9. The molecule has 0 aliphatic heterocycles. The van der Waals surface area contributed by atoms with Crippen LogP contribution in [0.5, 0.6) is 0 Å². The highest BCUT2D eigenvalue weighted by Crippen LogP contribution is 2.35. The average Bonchev–Trinajstić information content (AvgIpc) is 3.37. The van der Waals surface area contributed by atoms with Gasteiger partial charge in [-0.25, -0.2) is 9.97 Å². The zero-order valence-electron chi connectivity index (χ0n) is 14.7. The van der Waals surface area contributed by atoms with Crippen molar-refractivity contribution in [2.24, 2.45) is 0 Å². The van der Waals surface area contributed by atoms with Gasteiger partial charge in [-0.2, -0.15) is 10.4 Å². The van der Waals surface area contributed by atoms with Gasteiger partial charge in [0.1, 0.15) is 16.9 Å². The molecule has 138 valence electrons. The summed E-state index contributed by atoms with van der Waals surface area (Å²) >= 11 is 6.18. The molecule has 0 amide bonds. The molecule has 1 aliphatic rings. The molecule has 0 fully saturated rings. The Morgan fingerprint density at radius 3 is 3.07 bits per heavy atom. The number of aromatic nitrogens is 4. The lowest BCUT2D eigenvalue weighted by atomic mass is 9.91. The van der Waals surface area contributed by atoms with Crippen molar-refractivity contribution in [2.45, 2.75) is 25.3 Å². The summed E-state index contributed by atoms with van der Waals surface area (Å²) in [5, 5.41) is 21.3. The number of H-pyrrole nitrogens is 1. The zero-order chi connectivity index (χ0) is 19.1. The largest absolute Gasteiger partial charge is 0.442 e. The highest BCUT2D eigenvalue weighted by Gasteiger charge is 2.24. The fraction of sp³-hybridized carbons (Fsp3) is 0.200. The van der Waals surface area contributed by atoms with Crippen molar-refractivity contribution in [3.8, 4) is 17.5 Å². The molecule has 0 saturated carbocycles. The van der Waals surface area contributed by atoms with Gasteiger partial charge >= 0.3 is 0 Å². The summed E-state index contributed by atoms with van der Waals surface area (Å²) in [5.41, 5.74) is 5.02. The summed E-state index contributed by atoms with van der Waals surface area (Å²) in [6.45, 7) is 0. The molecule has 0 bridgehead atoms. The van der Waals surface area contributed by atoms with Gasteiger partial charge in [-0.15, -0.1) is 0 Å². The van der Waals surface area contributed by atoms with Gasteiger partial charge in [0.25, 0.3) is 0 Å². The van der Waals surface area contributed by atoms with Crippen molar-refractivity contribution in [1.29, 1.82) is 5.26 Å². The SMILES string of the molecule is N#Cc1cc2c(nc1Cl)[C@H](Nc1ccc3[nH]nc(-c4cnco4)c3c1)CCC2. The van der Waals surface area contributed by atoms with Crippen LogP contribution in [-0.2, 0) is 6.42 Å². The summed E-state index contributed by atoms with van der Waals surface area (Å²) in [7, 11) is 0. The molecule has 0 radical (unpaired) electrons.